The third kappa shape index (κ3) is 1.09. The zero-order valence-electron chi connectivity index (χ0n) is 6.16. The number of aromatic hydroxyl groups is 1. The van der Waals surface area contributed by atoms with E-state index in [-0.39, 0.29) is 5.75 Å². The predicted molar refractivity (Wildman–Crippen MR) is 43.4 cm³/mol. The van der Waals surface area contributed by atoms with Crippen LogP contribution in [0.15, 0.2) is 30.3 Å². The van der Waals surface area contributed by atoms with Crippen molar-refractivity contribution in [1.82, 2.24) is 4.98 Å². The maximum atomic E-state index is 12.6. The third-order valence-corrected chi connectivity index (χ3v) is 1.64. The Labute approximate surface area is 68.3 Å². The summed E-state index contributed by atoms with van der Waals surface area (Å²) < 4.78 is 12.6. The van der Waals surface area contributed by atoms with Crippen molar-refractivity contribution in [2.75, 3.05) is 0 Å². The molecule has 0 fully saturated rings. The van der Waals surface area contributed by atoms with Crippen molar-refractivity contribution in [3.05, 3.63) is 36.3 Å². The monoisotopic (exact) mass is 163 g/mol. The number of fused-ring (bicyclic) bond motifs is 1. The van der Waals surface area contributed by atoms with Gasteiger partial charge in [0.05, 0.1) is 5.52 Å². The van der Waals surface area contributed by atoms with E-state index in [1.54, 1.807) is 18.2 Å². The maximum Gasteiger partial charge on any atom is 0.213 e. The lowest BCUT2D eigenvalue weighted by Gasteiger charge is -1.96. The van der Waals surface area contributed by atoms with E-state index in [4.69, 9.17) is 5.11 Å². The second-order valence-electron chi connectivity index (χ2n) is 2.51. The molecule has 2 aromatic rings. The summed E-state index contributed by atoms with van der Waals surface area (Å²) in [5.41, 5.74) is 0.549. The number of aromatic nitrogens is 1. The minimum absolute atomic E-state index is 0.163. The molecular formula is C9H6FNO. The van der Waals surface area contributed by atoms with Crippen molar-refractivity contribution in [1.29, 1.82) is 0 Å². The summed E-state index contributed by atoms with van der Waals surface area (Å²) in [6.45, 7) is 0. The number of halogens is 1. The first-order chi connectivity index (χ1) is 5.75. The molecule has 12 heavy (non-hydrogen) atoms. The molecule has 0 aliphatic rings. The molecule has 2 nitrogen and oxygen atoms in total. The number of rotatable bonds is 0. The van der Waals surface area contributed by atoms with Crippen molar-refractivity contribution >= 4 is 10.9 Å². The van der Waals surface area contributed by atoms with Crippen LogP contribution >= 0.6 is 0 Å². The van der Waals surface area contributed by atoms with Gasteiger partial charge in [0.1, 0.15) is 5.75 Å². The lowest BCUT2D eigenvalue weighted by atomic mass is 10.2. The van der Waals surface area contributed by atoms with Gasteiger partial charge >= 0.3 is 0 Å². The lowest BCUT2D eigenvalue weighted by molar-refractivity contribution is 0.476. The molecule has 0 bridgehead atoms. The van der Waals surface area contributed by atoms with Crippen LogP contribution in [-0.2, 0) is 0 Å². The quantitative estimate of drug-likeness (QED) is 0.603. The van der Waals surface area contributed by atoms with E-state index < -0.39 is 5.95 Å². The highest BCUT2D eigenvalue weighted by Gasteiger charge is 1.97. The number of hydrogen-bond donors (Lipinski definition) is 1. The van der Waals surface area contributed by atoms with E-state index in [1.165, 1.54) is 12.1 Å². The maximum absolute atomic E-state index is 12.6. The van der Waals surface area contributed by atoms with Crippen LogP contribution in [-0.4, -0.2) is 10.1 Å². The van der Waals surface area contributed by atoms with Crippen molar-refractivity contribution < 1.29 is 9.50 Å². The number of hydrogen-bond acceptors (Lipinski definition) is 2. The Kier molecular flexibility index (Phi) is 1.43. The van der Waals surface area contributed by atoms with Gasteiger partial charge in [0.15, 0.2) is 0 Å². The zero-order chi connectivity index (χ0) is 8.55. The molecule has 1 N–H and O–H groups in total. The van der Waals surface area contributed by atoms with E-state index in [2.05, 4.69) is 4.98 Å². The highest BCUT2D eigenvalue weighted by molar-refractivity contribution is 5.79. The van der Waals surface area contributed by atoms with Gasteiger partial charge in [-0.3, -0.25) is 0 Å². The summed E-state index contributed by atoms with van der Waals surface area (Å²) in [6.07, 6.45) is 0. The van der Waals surface area contributed by atoms with Gasteiger partial charge in [-0.1, -0.05) is 0 Å². The summed E-state index contributed by atoms with van der Waals surface area (Å²) in [6, 6.07) is 7.45. The Bertz CT molecular complexity index is 387. The SMILES string of the molecule is Oc1ccc2nc(F)ccc2c1. The van der Waals surface area contributed by atoms with Crippen LogP contribution in [0.3, 0.4) is 0 Å². The number of pyridine rings is 1. The topological polar surface area (TPSA) is 33.1 Å². The van der Waals surface area contributed by atoms with Gasteiger partial charge in [-0.15, -0.1) is 0 Å². The van der Waals surface area contributed by atoms with E-state index in [1.807, 2.05) is 0 Å². The fourth-order valence-electron chi connectivity index (χ4n) is 1.09. The molecule has 0 aliphatic heterocycles. The second-order valence-corrected chi connectivity index (χ2v) is 2.51. The Hall–Kier alpha value is -1.64. The molecule has 1 aromatic carbocycles. The van der Waals surface area contributed by atoms with E-state index in [0.717, 1.165) is 5.39 Å². The van der Waals surface area contributed by atoms with Gasteiger partial charge in [0.25, 0.3) is 0 Å². The van der Waals surface area contributed by atoms with Gasteiger partial charge in [-0.05, 0) is 30.3 Å². The molecule has 60 valence electrons. The van der Waals surface area contributed by atoms with E-state index >= 15 is 0 Å². The predicted octanol–water partition coefficient (Wildman–Crippen LogP) is 2.08. The summed E-state index contributed by atoms with van der Waals surface area (Å²) in [4.78, 5) is 3.64. The molecule has 0 aliphatic carbocycles. The smallest absolute Gasteiger partial charge is 0.213 e. The molecular weight excluding hydrogens is 157 g/mol. The molecule has 0 unspecified atom stereocenters. The molecule has 0 spiro atoms. The molecule has 0 amide bonds. The highest BCUT2D eigenvalue weighted by atomic mass is 19.1. The number of nitrogens with zero attached hydrogens (tertiary/aromatic N) is 1. The third-order valence-electron chi connectivity index (χ3n) is 1.64. The Morgan fingerprint density at radius 3 is 2.83 bits per heavy atom. The van der Waals surface area contributed by atoms with Crippen LogP contribution in [0.4, 0.5) is 4.39 Å². The summed E-state index contributed by atoms with van der Waals surface area (Å²) >= 11 is 0. The summed E-state index contributed by atoms with van der Waals surface area (Å²) in [5.74, 6) is -0.343. The van der Waals surface area contributed by atoms with Gasteiger partial charge < -0.3 is 5.11 Å². The fraction of sp³-hybridized carbons (Fsp3) is 0. The largest absolute Gasteiger partial charge is 0.508 e. The number of phenols is 1. The molecule has 1 aromatic heterocycles. The van der Waals surface area contributed by atoms with Crippen LogP contribution in [0.1, 0.15) is 0 Å². The Morgan fingerprint density at radius 2 is 2.00 bits per heavy atom. The highest BCUT2D eigenvalue weighted by Crippen LogP contribution is 2.17. The van der Waals surface area contributed by atoms with Crippen LogP contribution in [0.5, 0.6) is 5.75 Å². The summed E-state index contributed by atoms with van der Waals surface area (Å²) in [7, 11) is 0. The summed E-state index contributed by atoms with van der Waals surface area (Å²) in [5, 5.41) is 9.81. The van der Waals surface area contributed by atoms with Crippen LogP contribution < -0.4 is 0 Å². The Morgan fingerprint density at radius 1 is 1.17 bits per heavy atom. The van der Waals surface area contributed by atoms with E-state index in [0.29, 0.717) is 5.52 Å². The van der Waals surface area contributed by atoms with Crippen LogP contribution in [0.25, 0.3) is 10.9 Å². The second kappa shape index (κ2) is 2.44. The molecule has 3 heteroatoms. The molecule has 2 rings (SSSR count). The first kappa shape index (κ1) is 7.03. The van der Waals surface area contributed by atoms with Crippen molar-refractivity contribution in [3.8, 4) is 5.75 Å². The van der Waals surface area contributed by atoms with Gasteiger partial charge in [-0.2, -0.15) is 4.39 Å². The van der Waals surface area contributed by atoms with Crippen molar-refractivity contribution in [2.24, 2.45) is 0 Å². The van der Waals surface area contributed by atoms with Crippen LogP contribution in [0, 0.1) is 5.95 Å². The molecule has 0 saturated heterocycles. The van der Waals surface area contributed by atoms with Gasteiger partial charge in [0, 0.05) is 5.39 Å². The molecule has 0 saturated carbocycles. The number of phenolic OH excluding ortho intramolecular Hbond substituents is 1. The zero-order valence-corrected chi connectivity index (χ0v) is 6.16. The van der Waals surface area contributed by atoms with Crippen molar-refractivity contribution in [3.63, 3.8) is 0 Å². The number of benzene rings is 1. The lowest BCUT2D eigenvalue weighted by Crippen LogP contribution is -1.82. The first-order valence-electron chi connectivity index (χ1n) is 3.51. The average Bonchev–Trinajstić information content (AvgIpc) is 2.05. The van der Waals surface area contributed by atoms with Crippen molar-refractivity contribution in [2.45, 2.75) is 0 Å². The van der Waals surface area contributed by atoms with E-state index in [9.17, 15) is 4.39 Å². The first-order valence-corrected chi connectivity index (χ1v) is 3.51. The minimum Gasteiger partial charge on any atom is -0.508 e. The minimum atomic E-state index is -0.506. The molecule has 0 radical (unpaired) electrons. The molecule has 1 heterocycles. The normalized spacial score (nSPS) is 10.4. The standard InChI is InChI=1S/C9H6FNO/c10-9-4-1-6-5-7(12)2-3-8(6)11-9/h1-5,12H. The van der Waals surface area contributed by atoms with Gasteiger partial charge in [-0.25, -0.2) is 4.98 Å². The average molecular weight is 163 g/mol. The Balaban J connectivity index is 2.79. The van der Waals surface area contributed by atoms with Crippen LogP contribution in [0.2, 0.25) is 0 Å². The molecule has 0 atom stereocenters. The van der Waals surface area contributed by atoms with Gasteiger partial charge in [0.2, 0.25) is 5.95 Å². The fourth-order valence-corrected chi connectivity index (χ4v) is 1.09.